The Labute approximate surface area is 97.9 Å². The zero-order valence-electron chi connectivity index (χ0n) is 10.1. The lowest BCUT2D eigenvalue weighted by atomic mass is 10.1. The number of hydrogen-bond acceptors (Lipinski definition) is 0. The first-order valence-corrected chi connectivity index (χ1v) is 5.98. The second-order valence-electron chi connectivity index (χ2n) is 4.13. The number of unbranched alkanes of at least 4 members (excludes halogenated alkanes) is 4. The van der Waals surface area contributed by atoms with E-state index in [0.717, 1.165) is 24.0 Å². The van der Waals surface area contributed by atoms with E-state index in [1.54, 1.807) is 0 Å². The van der Waals surface area contributed by atoms with Crippen LogP contribution in [0.15, 0.2) is 18.2 Å². The molecule has 1 rings (SSSR count). The van der Waals surface area contributed by atoms with Crippen LogP contribution in [0.25, 0.3) is 0 Å². The molecule has 0 aromatic heterocycles. The van der Waals surface area contributed by atoms with Crippen molar-refractivity contribution in [2.24, 2.45) is 0 Å². The molecule has 0 spiro atoms. The smallest absolute Gasteiger partial charge is 0.124 e. The van der Waals surface area contributed by atoms with Gasteiger partial charge in [-0.2, -0.15) is 0 Å². The molecule has 0 unspecified atom stereocenters. The number of aryl methyl sites for hydroxylation is 1. The highest BCUT2D eigenvalue weighted by Crippen LogP contribution is 2.07. The maximum atomic E-state index is 13.0. The maximum absolute atomic E-state index is 13.0. The van der Waals surface area contributed by atoms with Gasteiger partial charge in [-0.15, -0.1) is 0 Å². The third-order valence-electron chi connectivity index (χ3n) is 2.43. The first-order chi connectivity index (χ1) is 7.72. The molecule has 0 bridgehead atoms. The topological polar surface area (TPSA) is 0 Å². The summed E-state index contributed by atoms with van der Waals surface area (Å²) < 4.78 is 13.0. The average molecular weight is 218 g/mol. The standard InChI is InChI=1S/C15H19F/c1-3-4-5-6-7-8-9-14-10-13(2)11-15(16)12-14/h10-12H,3-7H2,1-2H3. The van der Waals surface area contributed by atoms with Crippen molar-refractivity contribution in [2.75, 3.05) is 0 Å². The summed E-state index contributed by atoms with van der Waals surface area (Å²) in [5.74, 6) is 5.91. The number of halogens is 1. The van der Waals surface area contributed by atoms with Crippen LogP contribution in [-0.2, 0) is 0 Å². The molecule has 0 atom stereocenters. The zero-order valence-corrected chi connectivity index (χ0v) is 10.1. The molecule has 1 aromatic carbocycles. The molecule has 16 heavy (non-hydrogen) atoms. The van der Waals surface area contributed by atoms with Crippen molar-refractivity contribution >= 4 is 0 Å². The summed E-state index contributed by atoms with van der Waals surface area (Å²) in [6.07, 6.45) is 5.83. The first kappa shape index (κ1) is 12.8. The molecule has 1 heteroatoms. The summed E-state index contributed by atoms with van der Waals surface area (Å²) in [5.41, 5.74) is 1.71. The maximum Gasteiger partial charge on any atom is 0.124 e. The zero-order chi connectivity index (χ0) is 11.8. The summed E-state index contributed by atoms with van der Waals surface area (Å²) in [6.45, 7) is 4.08. The lowest BCUT2D eigenvalue weighted by molar-refractivity contribution is 0.626. The molecule has 0 aliphatic carbocycles. The Morgan fingerprint density at radius 1 is 1.12 bits per heavy atom. The molecule has 0 aliphatic rings. The van der Waals surface area contributed by atoms with Crippen LogP contribution >= 0.6 is 0 Å². The van der Waals surface area contributed by atoms with Crippen LogP contribution in [0.3, 0.4) is 0 Å². The quantitative estimate of drug-likeness (QED) is 0.517. The lowest BCUT2D eigenvalue weighted by Gasteiger charge is -1.95. The minimum absolute atomic E-state index is 0.199. The normalized spacial score (nSPS) is 9.69. The molecule has 0 amide bonds. The van der Waals surface area contributed by atoms with Crippen molar-refractivity contribution in [3.63, 3.8) is 0 Å². The van der Waals surface area contributed by atoms with Gasteiger partial charge in [0.15, 0.2) is 0 Å². The van der Waals surface area contributed by atoms with Gasteiger partial charge in [0.05, 0.1) is 0 Å². The first-order valence-electron chi connectivity index (χ1n) is 5.98. The van der Waals surface area contributed by atoms with Gasteiger partial charge in [-0.3, -0.25) is 0 Å². The third-order valence-corrected chi connectivity index (χ3v) is 2.43. The fourth-order valence-electron chi connectivity index (χ4n) is 1.61. The molecule has 0 N–H and O–H groups in total. The largest absolute Gasteiger partial charge is 0.207 e. The fraction of sp³-hybridized carbons (Fsp3) is 0.467. The third kappa shape index (κ3) is 4.98. The summed E-state index contributed by atoms with van der Waals surface area (Å²) >= 11 is 0. The molecule has 0 saturated carbocycles. The van der Waals surface area contributed by atoms with Crippen LogP contribution in [0, 0.1) is 24.6 Å². The van der Waals surface area contributed by atoms with Crippen LogP contribution in [-0.4, -0.2) is 0 Å². The molecule has 0 radical (unpaired) electrons. The Morgan fingerprint density at radius 3 is 2.62 bits per heavy atom. The SMILES string of the molecule is CCCCCCC#Cc1cc(C)cc(F)c1. The van der Waals surface area contributed by atoms with Crippen LogP contribution in [0.4, 0.5) is 4.39 Å². The number of benzene rings is 1. The van der Waals surface area contributed by atoms with Gasteiger partial charge in [-0.1, -0.05) is 38.0 Å². The lowest BCUT2D eigenvalue weighted by Crippen LogP contribution is -1.82. The van der Waals surface area contributed by atoms with Gasteiger partial charge < -0.3 is 0 Å². The van der Waals surface area contributed by atoms with Gasteiger partial charge >= 0.3 is 0 Å². The second-order valence-corrected chi connectivity index (χ2v) is 4.13. The molecule has 0 aliphatic heterocycles. The van der Waals surface area contributed by atoms with Gasteiger partial charge in [-0.05, 0) is 37.1 Å². The molecule has 86 valence electrons. The van der Waals surface area contributed by atoms with Gasteiger partial charge in [-0.25, -0.2) is 4.39 Å². The summed E-state index contributed by atoms with van der Waals surface area (Å²) in [4.78, 5) is 0. The van der Waals surface area contributed by atoms with E-state index in [4.69, 9.17) is 0 Å². The van der Waals surface area contributed by atoms with E-state index in [-0.39, 0.29) is 5.82 Å². The highest BCUT2D eigenvalue weighted by Gasteiger charge is 1.94. The average Bonchev–Trinajstić information content (AvgIpc) is 2.22. The van der Waals surface area contributed by atoms with Crippen LogP contribution in [0.2, 0.25) is 0 Å². The molecular weight excluding hydrogens is 199 g/mol. The summed E-state index contributed by atoms with van der Waals surface area (Å²) in [5, 5.41) is 0. The van der Waals surface area contributed by atoms with Gasteiger partial charge in [0.25, 0.3) is 0 Å². The fourth-order valence-corrected chi connectivity index (χ4v) is 1.61. The van der Waals surface area contributed by atoms with Gasteiger partial charge in [0.2, 0.25) is 0 Å². The predicted octanol–water partition coefficient (Wildman–Crippen LogP) is 4.46. The van der Waals surface area contributed by atoms with E-state index in [1.165, 1.54) is 31.4 Å². The van der Waals surface area contributed by atoms with Crippen LogP contribution < -0.4 is 0 Å². The van der Waals surface area contributed by atoms with Crippen LogP contribution in [0.5, 0.6) is 0 Å². The number of rotatable bonds is 4. The van der Waals surface area contributed by atoms with E-state index in [2.05, 4.69) is 18.8 Å². The monoisotopic (exact) mass is 218 g/mol. The van der Waals surface area contributed by atoms with Crippen molar-refractivity contribution in [2.45, 2.75) is 46.0 Å². The molecule has 0 heterocycles. The molecule has 0 nitrogen and oxygen atoms in total. The molecule has 0 saturated heterocycles. The van der Waals surface area contributed by atoms with Crippen molar-refractivity contribution in [3.05, 3.63) is 35.1 Å². The van der Waals surface area contributed by atoms with Crippen LogP contribution in [0.1, 0.15) is 50.2 Å². The van der Waals surface area contributed by atoms with Crippen molar-refractivity contribution in [1.82, 2.24) is 0 Å². The predicted molar refractivity (Wildman–Crippen MR) is 66.8 cm³/mol. The Morgan fingerprint density at radius 2 is 1.94 bits per heavy atom. The van der Waals surface area contributed by atoms with Crippen molar-refractivity contribution < 1.29 is 4.39 Å². The van der Waals surface area contributed by atoms with Crippen molar-refractivity contribution in [3.8, 4) is 11.8 Å². The Bertz CT molecular complexity index is 362. The summed E-state index contributed by atoms with van der Waals surface area (Å²) in [7, 11) is 0. The van der Waals surface area contributed by atoms with Crippen molar-refractivity contribution in [1.29, 1.82) is 0 Å². The van der Waals surface area contributed by atoms with E-state index >= 15 is 0 Å². The highest BCUT2D eigenvalue weighted by atomic mass is 19.1. The van der Waals surface area contributed by atoms with Gasteiger partial charge in [0, 0.05) is 12.0 Å². The van der Waals surface area contributed by atoms with E-state index in [1.807, 2.05) is 13.0 Å². The number of hydrogen-bond donors (Lipinski definition) is 0. The Kier molecular flexibility index (Phi) is 5.64. The molecule has 1 aromatic rings. The Balaban J connectivity index is 2.43. The highest BCUT2D eigenvalue weighted by molar-refractivity contribution is 5.37. The van der Waals surface area contributed by atoms with E-state index < -0.39 is 0 Å². The summed E-state index contributed by atoms with van der Waals surface area (Å²) in [6, 6.07) is 4.93. The minimum atomic E-state index is -0.199. The van der Waals surface area contributed by atoms with E-state index in [0.29, 0.717) is 0 Å². The Hall–Kier alpha value is -1.29. The molecule has 0 fully saturated rings. The van der Waals surface area contributed by atoms with Gasteiger partial charge in [0.1, 0.15) is 5.82 Å². The van der Waals surface area contributed by atoms with E-state index in [9.17, 15) is 4.39 Å². The second kappa shape index (κ2) is 7.06. The molecular formula is C15H19F. The minimum Gasteiger partial charge on any atom is -0.207 e.